The Morgan fingerprint density at radius 1 is 1.54 bits per heavy atom. The number of halogens is 1. The zero-order valence-corrected chi connectivity index (χ0v) is 8.89. The van der Waals surface area contributed by atoms with Gasteiger partial charge in [0.25, 0.3) is 5.91 Å². The molecule has 13 heavy (non-hydrogen) atoms. The lowest BCUT2D eigenvalue weighted by atomic mass is 9.96. The van der Waals surface area contributed by atoms with Gasteiger partial charge in [-0.1, -0.05) is 22.0 Å². The molecule has 1 aromatic carbocycles. The summed E-state index contributed by atoms with van der Waals surface area (Å²) in [6.07, 6.45) is 0.905. The molecule has 0 spiro atoms. The second-order valence-electron chi connectivity index (χ2n) is 3.34. The van der Waals surface area contributed by atoms with Crippen LogP contribution < -0.4 is 5.32 Å². The molecule has 3 heteroatoms. The first-order valence-electron chi connectivity index (χ1n) is 4.26. The normalized spacial score (nSPS) is 20.8. The molecule has 1 heterocycles. The molecule has 1 amide bonds. The highest BCUT2D eigenvalue weighted by Crippen LogP contribution is 2.24. The molecule has 0 aromatic heterocycles. The van der Waals surface area contributed by atoms with Gasteiger partial charge in [-0.2, -0.15) is 0 Å². The van der Waals surface area contributed by atoms with E-state index >= 15 is 0 Å². The van der Waals surface area contributed by atoms with Gasteiger partial charge in [-0.3, -0.25) is 4.79 Å². The fraction of sp³-hybridized carbons (Fsp3) is 0.300. The number of amides is 1. The van der Waals surface area contributed by atoms with Crippen molar-refractivity contribution >= 4 is 21.8 Å². The highest BCUT2D eigenvalue weighted by molar-refractivity contribution is 9.10. The Bertz CT molecular complexity index is 362. The Balaban J connectivity index is 2.55. The molecule has 0 saturated heterocycles. The third-order valence-corrected chi connectivity index (χ3v) is 2.99. The van der Waals surface area contributed by atoms with Crippen LogP contribution in [0.4, 0.5) is 0 Å². The van der Waals surface area contributed by atoms with Gasteiger partial charge in [0, 0.05) is 16.1 Å². The zero-order valence-electron chi connectivity index (χ0n) is 7.30. The van der Waals surface area contributed by atoms with E-state index in [-0.39, 0.29) is 11.9 Å². The molecule has 2 nitrogen and oxygen atoms in total. The number of carbonyl (C=O) groups excluding carboxylic acids is 1. The lowest BCUT2D eigenvalue weighted by Crippen LogP contribution is -2.39. The molecule has 1 aliphatic rings. The summed E-state index contributed by atoms with van der Waals surface area (Å²) in [4.78, 5) is 11.5. The number of rotatable bonds is 0. The van der Waals surface area contributed by atoms with Crippen molar-refractivity contribution in [2.45, 2.75) is 19.4 Å². The van der Waals surface area contributed by atoms with E-state index in [1.54, 1.807) is 0 Å². The Morgan fingerprint density at radius 3 is 3.08 bits per heavy atom. The van der Waals surface area contributed by atoms with E-state index in [1.165, 1.54) is 0 Å². The third kappa shape index (κ3) is 1.48. The summed E-state index contributed by atoms with van der Waals surface area (Å²) >= 11 is 3.46. The Morgan fingerprint density at radius 2 is 2.31 bits per heavy atom. The monoisotopic (exact) mass is 239 g/mol. The van der Waals surface area contributed by atoms with E-state index < -0.39 is 0 Å². The van der Waals surface area contributed by atoms with E-state index in [2.05, 4.69) is 21.2 Å². The Labute approximate surface area is 85.5 Å². The van der Waals surface area contributed by atoms with Crippen molar-refractivity contribution in [1.29, 1.82) is 0 Å². The molecule has 2 rings (SSSR count). The van der Waals surface area contributed by atoms with E-state index in [4.69, 9.17) is 0 Å². The predicted molar refractivity (Wildman–Crippen MR) is 54.8 cm³/mol. The van der Waals surface area contributed by atoms with E-state index in [0.717, 1.165) is 22.0 Å². The number of fused-ring (bicyclic) bond motifs is 1. The average Bonchev–Trinajstić information content (AvgIpc) is 2.07. The SMILES string of the molecule is C[C@@H]1Cc2c(Br)cccc2C(=O)N1. The minimum Gasteiger partial charge on any atom is -0.349 e. The van der Waals surface area contributed by atoms with Crippen LogP contribution in [0.1, 0.15) is 22.8 Å². The fourth-order valence-electron chi connectivity index (χ4n) is 1.64. The van der Waals surface area contributed by atoms with Crippen molar-refractivity contribution in [2.24, 2.45) is 0 Å². The average molecular weight is 240 g/mol. The third-order valence-electron chi connectivity index (χ3n) is 2.25. The minimum atomic E-state index is 0.0371. The first-order chi connectivity index (χ1) is 6.18. The topological polar surface area (TPSA) is 29.1 Å². The summed E-state index contributed by atoms with van der Waals surface area (Å²) < 4.78 is 1.03. The molecule has 0 bridgehead atoms. The standard InChI is InChI=1S/C10H10BrNO/c1-6-5-8-7(10(13)12-6)3-2-4-9(8)11/h2-4,6H,5H2,1H3,(H,12,13)/t6-/m1/s1. The van der Waals surface area contributed by atoms with Gasteiger partial charge in [-0.25, -0.2) is 0 Å². The van der Waals surface area contributed by atoms with Crippen LogP contribution in [0.2, 0.25) is 0 Å². The fourth-order valence-corrected chi connectivity index (χ4v) is 2.17. The first kappa shape index (κ1) is 8.75. The van der Waals surface area contributed by atoms with Gasteiger partial charge in [-0.05, 0) is 31.0 Å². The van der Waals surface area contributed by atoms with Crippen LogP contribution in [-0.2, 0) is 6.42 Å². The van der Waals surface area contributed by atoms with Gasteiger partial charge in [0.2, 0.25) is 0 Å². The molecule has 68 valence electrons. The molecular formula is C10H10BrNO. The van der Waals surface area contributed by atoms with Crippen molar-refractivity contribution in [3.8, 4) is 0 Å². The maximum Gasteiger partial charge on any atom is 0.251 e. The maximum absolute atomic E-state index is 11.5. The van der Waals surface area contributed by atoms with Crippen molar-refractivity contribution in [2.75, 3.05) is 0 Å². The van der Waals surface area contributed by atoms with Gasteiger partial charge < -0.3 is 5.32 Å². The summed E-state index contributed by atoms with van der Waals surface area (Å²) in [6.45, 7) is 2.01. The molecule has 1 aliphatic heterocycles. The molecule has 1 atom stereocenters. The van der Waals surface area contributed by atoms with Crippen LogP contribution in [0, 0.1) is 0 Å². The van der Waals surface area contributed by atoms with E-state index in [9.17, 15) is 4.79 Å². The highest BCUT2D eigenvalue weighted by Gasteiger charge is 2.22. The minimum absolute atomic E-state index is 0.0371. The number of nitrogens with one attached hydrogen (secondary N) is 1. The second kappa shape index (κ2) is 3.14. The van der Waals surface area contributed by atoms with Crippen LogP contribution in [0.25, 0.3) is 0 Å². The summed E-state index contributed by atoms with van der Waals surface area (Å²) in [5, 5.41) is 2.90. The van der Waals surface area contributed by atoms with Gasteiger partial charge in [0.1, 0.15) is 0 Å². The number of benzene rings is 1. The van der Waals surface area contributed by atoms with Crippen molar-refractivity contribution < 1.29 is 4.79 Å². The molecule has 1 aromatic rings. The molecule has 0 saturated carbocycles. The summed E-state index contributed by atoms with van der Waals surface area (Å²) in [7, 11) is 0. The van der Waals surface area contributed by atoms with Gasteiger partial charge in [0.15, 0.2) is 0 Å². The molecule has 0 radical (unpaired) electrons. The van der Waals surface area contributed by atoms with Crippen LogP contribution in [0.15, 0.2) is 22.7 Å². The molecule has 0 unspecified atom stereocenters. The van der Waals surface area contributed by atoms with Crippen LogP contribution in [-0.4, -0.2) is 11.9 Å². The van der Waals surface area contributed by atoms with E-state index in [1.807, 2.05) is 25.1 Å². The molecule has 0 fully saturated rings. The van der Waals surface area contributed by atoms with Gasteiger partial charge in [0.05, 0.1) is 0 Å². The Kier molecular flexibility index (Phi) is 2.12. The number of carbonyl (C=O) groups is 1. The summed E-state index contributed by atoms with van der Waals surface area (Å²) in [6, 6.07) is 5.96. The van der Waals surface area contributed by atoms with E-state index in [0.29, 0.717) is 0 Å². The Hall–Kier alpha value is -0.830. The van der Waals surface area contributed by atoms with Gasteiger partial charge in [-0.15, -0.1) is 0 Å². The van der Waals surface area contributed by atoms with Crippen molar-refractivity contribution in [1.82, 2.24) is 5.32 Å². The number of hydrogen-bond donors (Lipinski definition) is 1. The van der Waals surface area contributed by atoms with Crippen molar-refractivity contribution in [3.05, 3.63) is 33.8 Å². The second-order valence-corrected chi connectivity index (χ2v) is 4.20. The largest absolute Gasteiger partial charge is 0.349 e. The smallest absolute Gasteiger partial charge is 0.251 e. The van der Waals surface area contributed by atoms with Crippen LogP contribution in [0.3, 0.4) is 0 Å². The number of hydrogen-bond acceptors (Lipinski definition) is 1. The van der Waals surface area contributed by atoms with Gasteiger partial charge >= 0.3 is 0 Å². The molecule has 0 aliphatic carbocycles. The van der Waals surface area contributed by atoms with Crippen LogP contribution >= 0.6 is 15.9 Å². The highest BCUT2D eigenvalue weighted by atomic mass is 79.9. The summed E-state index contributed by atoms with van der Waals surface area (Å²) in [5.74, 6) is 0.0371. The molecular weight excluding hydrogens is 230 g/mol. The molecule has 1 N–H and O–H groups in total. The first-order valence-corrected chi connectivity index (χ1v) is 5.06. The lowest BCUT2D eigenvalue weighted by molar-refractivity contribution is 0.0929. The zero-order chi connectivity index (χ0) is 9.42. The summed E-state index contributed by atoms with van der Waals surface area (Å²) in [5.41, 5.74) is 1.92. The quantitative estimate of drug-likeness (QED) is 0.739. The van der Waals surface area contributed by atoms with Crippen molar-refractivity contribution in [3.63, 3.8) is 0 Å². The maximum atomic E-state index is 11.5. The van der Waals surface area contributed by atoms with Crippen LogP contribution in [0.5, 0.6) is 0 Å². The lowest BCUT2D eigenvalue weighted by Gasteiger charge is -2.23. The predicted octanol–water partition coefficient (Wildman–Crippen LogP) is 2.12.